The minimum Gasteiger partial charge on any atom is -0.393 e. The number of rotatable bonds is 7. The second-order valence-electron chi connectivity index (χ2n) is 6.85. The molecule has 5 heteroatoms. The molecule has 5 nitrogen and oxygen atoms in total. The zero-order chi connectivity index (χ0) is 15.8. The van der Waals surface area contributed by atoms with Crippen LogP contribution in [0.2, 0.25) is 0 Å². The summed E-state index contributed by atoms with van der Waals surface area (Å²) in [6.45, 7) is 11.1. The molecule has 0 aliphatic carbocycles. The van der Waals surface area contributed by atoms with Gasteiger partial charge < -0.3 is 20.2 Å². The second-order valence-corrected chi connectivity index (χ2v) is 6.85. The van der Waals surface area contributed by atoms with Crippen LogP contribution in [-0.4, -0.2) is 66.8 Å². The van der Waals surface area contributed by atoms with Gasteiger partial charge in [-0.05, 0) is 44.6 Å². The number of nitrogens with one attached hydrogen (secondary N) is 1. The standard InChI is InChI=1S/C16H33N3O2/c1-13-10-14(2)12-19(11-13)8-5-7-17-16(21)18(4)9-6-15(3)20/h13-15,20H,5-12H2,1-4H3,(H,17,21). The first-order chi connectivity index (χ1) is 9.88. The molecule has 3 unspecified atom stereocenters. The van der Waals surface area contributed by atoms with Gasteiger partial charge in [-0.25, -0.2) is 4.79 Å². The highest BCUT2D eigenvalue weighted by Crippen LogP contribution is 2.20. The number of amides is 2. The summed E-state index contributed by atoms with van der Waals surface area (Å²) in [6, 6.07) is -0.0453. The normalized spacial score (nSPS) is 24.6. The predicted octanol–water partition coefficient (Wildman–Crippen LogP) is 1.77. The number of aliphatic hydroxyl groups is 1. The van der Waals surface area contributed by atoms with E-state index in [1.807, 2.05) is 0 Å². The summed E-state index contributed by atoms with van der Waals surface area (Å²) in [7, 11) is 1.77. The second kappa shape index (κ2) is 9.26. The number of carbonyl (C=O) groups excluding carboxylic acids is 1. The first-order valence-electron chi connectivity index (χ1n) is 8.27. The molecule has 0 aromatic heterocycles. The average Bonchev–Trinajstić information content (AvgIpc) is 2.39. The summed E-state index contributed by atoms with van der Waals surface area (Å²) < 4.78 is 0. The molecule has 3 atom stereocenters. The topological polar surface area (TPSA) is 55.8 Å². The monoisotopic (exact) mass is 299 g/mol. The van der Waals surface area contributed by atoms with Crippen LogP contribution in [0.5, 0.6) is 0 Å². The Morgan fingerprint density at radius 1 is 1.38 bits per heavy atom. The molecule has 0 saturated carbocycles. The Kier molecular flexibility index (Phi) is 8.04. The van der Waals surface area contributed by atoms with Crippen molar-refractivity contribution in [2.75, 3.05) is 39.8 Å². The molecule has 124 valence electrons. The molecule has 0 aromatic carbocycles. The molecule has 0 radical (unpaired) electrons. The van der Waals surface area contributed by atoms with Crippen LogP contribution < -0.4 is 5.32 Å². The van der Waals surface area contributed by atoms with Crippen LogP contribution in [0.15, 0.2) is 0 Å². The zero-order valence-corrected chi connectivity index (χ0v) is 14.1. The molecule has 0 spiro atoms. The molecule has 1 aliphatic heterocycles. The van der Waals surface area contributed by atoms with Crippen molar-refractivity contribution in [2.45, 2.75) is 46.1 Å². The van der Waals surface area contributed by atoms with E-state index in [9.17, 15) is 9.90 Å². The van der Waals surface area contributed by atoms with E-state index < -0.39 is 0 Å². The summed E-state index contributed by atoms with van der Waals surface area (Å²) in [5.74, 6) is 1.57. The number of hydrogen-bond acceptors (Lipinski definition) is 3. The van der Waals surface area contributed by atoms with Crippen molar-refractivity contribution >= 4 is 6.03 Å². The molecule has 2 N–H and O–H groups in total. The van der Waals surface area contributed by atoms with Gasteiger partial charge >= 0.3 is 6.03 Å². The fraction of sp³-hybridized carbons (Fsp3) is 0.938. The van der Waals surface area contributed by atoms with Crippen LogP contribution in [0, 0.1) is 11.8 Å². The van der Waals surface area contributed by atoms with Crippen LogP contribution in [0.1, 0.15) is 40.0 Å². The van der Waals surface area contributed by atoms with Gasteiger partial charge in [-0.2, -0.15) is 0 Å². The minimum absolute atomic E-state index is 0.0453. The molecule has 0 bridgehead atoms. The van der Waals surface area contributed by atoms with Gasteiger partial charge in [0.2, 0.25) is 0 Å². The van der Waals surface area contributed by atoms with Crippen molar-refractivity contribution in [3.05, 3.63) is 0 Å². The fourth-order valence-electron chi connectivity index (χ4n) is 3.09. The van der Waals surface area contributed by atoms with Crippen LogP contribution in [0.3, 0.4) is 0 Å². The van der Waals surface area contributed by atoms with E-state index in [1.54, 1.807) is 18.9 Å². The summed E-state index contributed by atoms with van der Waals surface area (Å²) in [5.41, 5.74) is 0. The molecule has 0 aromatic rings. The summed E-state index contributed by atoms with van der Waals surface area (Å²) in [4.78, 5) is 16.0. The summed E-state index contributed by atoms with van der Waals surface area (Å²) >= 11 is 0. The Bertz CT molecular complexity index is 300. The number of carbonyl (C=O) groups is 1. The Labute approximate surface area is 129 Å². The van der Waals surface area contributed by atoms with Crippen molar-refractivity contribution in [1.82, 2.24) is 15.1 Å². The third-order valence-corrected chi connectivity index (χ3v) is 4.10. The van der Waals surface area contributed by atoms with Crippen molar-refractivity contribution in [2.24, 2.45) is 11.8 Å². The molecule has 1 saturated heterocycles. The highest BCUT2D eigenvalue weighted by atomic mass is 16.3. The Morgan fingerprint density at radius 2 is 2.00 bits per heavy atom. The quantitative estimate of drug-likeness (QED) is 0.704. The van der Waals surface area contributed by atoms with Crippen LogP contribution in [0.4, 0.5) is 4.79 Å². The van der Waals surface area contributed by atoms with Gasteiger partial charge in [0.05, 0.1) is 6.10 Å². The van der Waals surface area contributed by atoms with Crippen molar-refractivity contribution in [1.29, 1.82) is 0 Å². The molecular formula is C16H33N3O2. The Balaban J connectivity index is 2.11. The van der Waals surface area contributed by atoms with Gasteiger partial charge in [-0.3, -0.25) is 0 Å². The third kappa shape index (κ3) is 7.67. The lowest BCUT2D eigenvalue weighted by molar-refractivity contribution is 0.139. The summed E-state index contributed by atoms with van der Waals surface area (Å²) in [5, 5.41) is 12.2. The molecular weight excluding hydrogens is 266 g/mol. The fourth-order valence-corrected chi connectivity index (χ4v) is 3.09. The largest absolute Gasteiger partial charge is 0.393 e. The van der Waals surface area contributed by atoms with Crippen LogP contribution in [-0.2, 0) is 0 Å². The van der Waals surface area contributed by atoms with Gasteiger partial charge in [0.15, 0.2) is 0 Å². The maximum Gasteiger partial charge on any atom is 0.317 e. The number of aliphatic hydroxyl groups excluding tert-OH is 1. The number of likely N-dealkylation sites (tertiary alicyclic amines) is 1. The number of urea groups is 1. The molecule has 1 heterocycles. The molecule has 1 aliphatic rings. The molecule has 21 heavy (non-hydrogen) atoms. The maximum atomic E-state index is 11.8. The van der Waals surface area contributed by atoms with Crippen LogP contribution >= 0.6 is 0 Å². The van der Waals surface area contributed by atoms with Crippen molar-refractivity contribution in [3.63, 3.8) is 0 Å². The van der Waals surface area contributed by atoms with Gasteiger partial charge in [0.1, 0.15) is 0 Å². The van der Waals surface area contributed by atoms with Gasteiger partial charge in [-0.15, -0.1) is 0 Å². The lowest BCUT2D eigenvalue weighted by atomic mass is 9.92. The molecule has 2 amide bonds. The maximum absolute atomic E-state index is 11.8. The molecule has 1 rings (SSSR count). The Morgan fingerprint density at radius 3 is 2.57 bits per heavy atom. The average molecular weight is 299 g/mol. The van der Waals surface area contributed by atoms with Gasteiger partial charge in [0, 0.05) is 33.2 Å². The van der Waals surface area contributed by atoms with E-state index in [0.717, 1.165) is 31.3 Å². The molecule has 1 fully saturated rings. The van der Waals surface area contributed by atoms with Gasteiger partial charge in [0.25, 0.3) is 0 Å². The predicted molar refractivity (Wildman–Crippen MR) is 86.3 cm³/mol. The van der Waals surface area contributed by atoms with E-state index in [1.165, 1.54) is 19.5 Å². The third-order valence-electron chi connectivity index (χ3n) is 4.10. The first kappa shape index (κ1) is 18.2. The van der Waals surface area contributed by atoms with Gasteiger partial charge in [-0.1, -0.05) is 13.8 Å². The minimum atomic E-state index is -0.358. The van der Waals surface area contributed by atoms with Crippen molar-refractivity contribution < 1.29 is 9.90 Å². The number of nitrogens with zero attached hydrogens (tertiary/aromatic N) is 2. The number of piperidine rings is 1. The van der Waals surface area contributed by atoms with E-state index in [2.05, 4.69) is 24.1 Å². The smallest absolute Gasteiger partial charge is 0.317 e. The first-order valence-corrected chi connectivity index (χ1v) is 8.27. The summed E-state index contributed by atoms with van der Waals surface area (Å²) in [6.07, 6.45) is 2.59. The van der Waals surface area contributed by atoms with E-state index in [0.29, 0.717) is 13.0 Å². The van der Waals surface area contributed by atoms with Crippen molar-refractivity contribution in [3.8, 4) is 0 Å². The van der Waals surface area contributed by atoms with Crippen LogP contribution in [0.25, 0.3) is 0 Å². The highest BCUT2D eigenvalue weighted by Gasteiger charge is 2.21. The number of hydrogen-bond donors (Lipinski definition) is 2. The lowest BCUT2D eigenvalue weighted by Gasteiger charge is -2.35. The highest BCUT2D eigenvalue weighted by molar-refractivity contribution is 5.73. The Hall–Kier alpha value is -0.810. The zero-order valence-electron chi connectivity index (χ0n) is 14.1. The van der Waals surface area contributed by atoms with E-state index in [-0.39, 0.29) is 12.1 Å². The van der Waals surface area contributed by atoms with E-state index >= 15 is 0 Å². The SMILES string of the molecule is CC(O)CCN(C)C(=O)NCCCN1CC(C)CC(C)C1. The van der Waals surface area contributed by atoms with E-state index in [4.69, 9.17) is 0 Å². The lowest BCUT2D eigenvalue weighted by Crippen LogP contribution is -2.42.